The van der Waals surface area contributed by atoms with Gasteiger partial charge in [0, 0.05) is 5.56 Å². The van der Waals surface area contributed by atoms with Crippen LogP contribution >= 0.6 is 15.9 Å². The predicted octanol–water partition coefficient (Wildman–Crippen LogP) is 2.68. The van der Waals surface area contributed by atoms with Crippen molar-refractivity contribution < 1.29 is 14.2 Å². The fraction of sp³-hybridized carbons (Fsp3) is 0.538. The minimum absolute atomic E-state index is 0.317. The lowest BCUT2D eigenvalue weighted by molar-refractivity contribution is 0.169. The van der Waals surface area contributed by atoms with Crippen LogP contribution in [-0.2, 0) is 0 Å². The lowest BCUT2D eigenvalue weighted by atomic mass is 9.96. The Bertz CT molecular complexity index is 437. The molecular weight excluding hydrogens is 298 g/mol. The van der Waals surface area contributed by atoms with Crippen molar-refractivity contribution in [3.05, 3.63) is 16.1 Å². The summed E-state index contributed by atoms with van der Waals surface area (Å²) in [6, 6.07) is 2.00. The molecule has 2 rings (SSSR count). The van der Waals surface area contributed by atoms with Gasteiger partial charge >= 0.3 is 0 Å². The fourth-order valence-corrected chi connectivity index (χ4v) is 2.83. The molecule has 0 fully saturated rings. The van der Waals surface area contributed by atoms with Gasteiger partial charge in [0.05, 0.1) is 7.11 Å². The highest BCUT2D eigenvalue weighted by atomic mass is 79.9. The van der Waals surface area contributed by atoms with Crippen LogP contribution in [0.25, 0.3) is 0 Å². The van der Waals surface area contributed by atoms with Crippen LogP contribution in [0.15, 0.2) is 10.5 Å². The summed E-state index contributed by atoms with van der Waals surface area (Å²) in [4.78, 5) is 0. The summed E-state index contributed by atoms with van der Waals surface area (Å²) in [6.07, 6.45) is 0.905. The lowest BCUT2D eigenvalue weighted by Gasteiger charge is -2.24. The fourth-order valence-electron chi connectivity index (χ4n) is 2.13. The molecule has 5 heteroatoms. The Hall–Kier alpha value is -0.940. The molecule has 0 saturated carbocycles. The van der Waals surface area contributed by atoms with Gasteiger partial charge in [0.1, 0.15) is 23.4 Å². The van der Waals surface area contributed by atoms with Crippen LogP contribution in [0, 0.1) is 0 Å². The maximum Gasteiger partial charge on any atom is 0.179 e. The Labute approximate surface area is 116 Å². The predicted molar refractivity (Wildman–Crippen MR) is 73.8 cm³/mol. The number of hydrogen-bond acceptors (Lipinski definition) is 4. The molecule has 1 aliphatic heterocycles. The summed E-state index contributed by atoms with van der Waals surface area (Å²) < 4.78 is 17.6. The van der Waals surface area contributed by atoms with Crippen molar-refractivity contribution in [1.29, 1.82) is 0 Å². The number of fused-ring (bicyclic) bond motifs is 1. The van der Waals surface area contributed by atoms with Crippen LogP contribution in [0.3, 0.4) is 0 Å². The SMILES string of the molecule is COc1c(C(C)CCN)cc2c(c1Br)OCCO2. The molecule has 1 aromatic rings. The number of rotatable bonds is 4. The van der Waals surface area contributed by atoms with Crippen molar-refractivity contribution >= 4 is 15.9 Å². The van der Waals surface area contributed by atoms with Crippen LogP contribution in [0.2, 0.25) is 0 Å². The first-order valence-electron chi connectivity index (χ1n) is 6.05. The highest BCUT2D eigenvalue weighted by molar-refractivity contribution is 9.10. The van der Waals surface area contributed by atoms with Gasteiger partial charge in [-0.25, -0.2) is 0 Å². The maximum absolute atomic E-state index is 5.63. The van der Waals surface area contributed by atoms with Crippen molar-refractivity contribution in [3.63, 3.8) is 0 Å². The lowest BCUT2D eigenvalue weighted by Crippen LogP contribution is -2.17. The molecule has 0 spiro atoms. The van der Waals surface area contributed by atoms with Gasteiger partial charge in [-0.1, -0.05) is 6.92 Å². The largest absolute Gasteiger partial charge is 0.495 e. The highest BCUT2D eigenvalue weighted by Gasteiger charge is 2.24. The molecule has 18 heavy (non-hydrogen) atoms. The minimum Gasteiger partial charge on any atom is -0.495 e. The van der Waals surface area contributed by atoms with Crippen molar-refractivity contribution in [3.8, 4) is 17.2 Å². The average molecular weight is 316 g/mol. The number of hydrogen-bond donors (Lipinski definition) is 1. The highest BCUT2D eigenvalue weighted by Crippen LogP contribution is 2.47. The van der Waals surface area contributed by atoms with E-state index in [4.69, 9.17) is 19.9 Å². The van der Waals surface area contributed by atoms with Crippen LogP contribution in [0.1, 0.15) is 24.8 Å². The quantitative estimate of drug-likeness (QED) is 0.928. The van der Waals surface area contributed by atoms with E-state index in [0.29, 0.717) is 25.7 Å². The third kappa shape index (κ3) is 2.42. The maximum atomic E-state index is 5.63. The molecular formula is C13H18BrNO3. The molecule has 0 aliphatic carbocycles. The number of ether oxygens (including phenoxy) is 3. The Kier molecular flexibility index (Phi) is 4.35. The van der Waals surface area contributed by atoms with Gasteiger partial charge in [-0.2, -0.15) is 0 Å². The van der Waals surface area contributed by atoms with E-state index in [-0.39, 0.29) is 0 Å². The van der Waals surface area contributed by atoms with Crippen molar-refractivity contribution in [2.24, 2.45) is 5.73 Å². The first-order valence-corrected chi connectivity index (χ1v) is 6.84. The second kappa shape index (κ2) is 5.80. The third-order valence-electron chi connectivity index (χ3n) is 3.09. The summed E-state index contributed by atoms with van der Waals surface area (Å²) >= 11 is 3.54. The van der Waals surface area contributed by atoms with Gasteiger partial charge in [0.25, 0.3) is 0 Å². The molecule has 1 unspecified atom stereocenters. The van der Waals surface area contributed by atoms with Gasteiger partial charge in [-0.05, 0) is 40.9 Å². The molecule has 1 atom stereocenters. The van der Waals surface area contributed by atoms with E-state index in [1.54, 1.807) is 7.11 Å². The molecule has 0 saturated heterocycles. The van der Waals surface area contributed by atoms with Gasteiger partial charge in [-0.3, -0.25) is 0 Å². The first kappa shape index (κ1) is 13.5. The molecule has 1 aliphatic rings. The van der Waals surface area contributed by atoms with Crippen molar-refractivity contribution in [2.45, 2.75) is 19.3 Å². The normalized spacial score (nSPS) is 15.3. The Balaban J connectivity index is 2.48. The number of benzene rings is 1. The Morgan fingerprint density at radius 2 is 2.17 bits per heavy atom. The average Bonchev–Trinajstić information content (AvgIpc) is 2.39. The zero-order chi connectivity index (χ0) is 13.1. The van der Waals surface area contributed by atoms with E-state index in [2.05, 4.69) is 22.9 Å². The third-order valence-corrected chi connectivity index (χ3v) is 3.81. The van der Waals surface area contributed by atoms with E-state index < -0.39 is 0 Å². The Morgan fingerprint density at radius 1 is 1.44 bits per heavy atom. The molecule has 2 N–H and O–H groups in total. The van der Waals surface area contributed by atoms with Crippen LogP contribution in [0.4, 0.5) is 0 Å². The molecule has 100 valence electrons. The van der Waals surface area contributed by atoms with E-state index in [1.165, 1.54) is 0 Å². The van der Waals surface area contributed by atoms with Gasteiger partial charge in [0.15, 0.2) is 11.5 Å². The van der Waals surface area contributed by atoms with Gasteiger partial charge in [-0.15, -0.1) is 0 Å². The molecule has 1 heterocycles. The summed E-state index contributed by atoms with van der Waals surface area (Å²) in [5.74, 6) is 2.62. The van der Waals surface area contributed by atoms with Crippen LogP contribution in [0.5, 0.6) is 17.2 Å². The van der Waals surface area contributed by atoms with Crippen molar-refractivity contribution in [1.82, 2.24) is 0 Å². The molecule has 0 radical (unpaired) electrons. The second-order valence-electron chi connectivity index (χ2n) is 4.32. The standard InChI is InChI=1S/C13H18BrNO3/c1-8(3-4-15)9-7-10-13(18-6-5-17-10)11(14)12(9)16-2/h7-8H,3-6,15H2,1-2H3. The number of halogens is 1. The van der Waals surface area contributed by atoms with Gasteiger partial charge < -0.3 is 19.9 Å². The molecule has 0 aromatic heterocycles. The summed E-state index contributed by atoms with van der Waals surface area (Å²) in [7, 11) is 1.66. The number of methoxy groups -OCH3 is 1. The molecule has 0 amide bonds. The second-order valence-corrected chi connectivity index (χ2v) is 5.11. The summed E-state index contributed by atoms with van der Waals surface area (Å²) in [5, 5.41) is 0. The summed E-state index contributed by atoms with van der Waals surface area (Å²) in [5.41, 5.74) is 6.72. The topological polar surface area (TPSA) is 53.7 Å². The Morgan fingerprint density at radius 3 is 2.83 bits per heavy atom. The smallest absolute Gasteiger partial charge is 0.179 e. The van der Waals surface area contributed by atoms with Gasteiger partial charge in [0.2, 0.25) is 0 Å². The van der Waals surface area contributed by atoms with Crippen LogP contribution in [-0.4, -0.2) is 26.9 Å². The number of nitrogens with two attached hydrogens (primary N) is 1. The summed E-state index contributed by atoms with van der Waals surface area (Å²) in [6.45, 7) is 3.92. The monoisotopic (exact) mass is 315 g/mol. The zero-order valence-corrected chi connectivity index (χ0v) is 12.2. The minimum atomic E-state index is 0.317. The molecule has 0 bridgehead atoms. The first-order chi connectivity index (χ1) is 8.69. The molecule has 1 aromatic carbocycles. The molecule has 4 nitrogen and oxygen atoms in total. The van der Waals surface area contributed by atoms with E-state index >= 15 is 0 Å². The van der Waals surface area contributed by atoms with E-state index in [9.17, 15) is 0 Å². The van der Waals surface area contributed by atoms with E-state index in [0.717, 1.165) is 33.7 Å². The van der Waals surface area contributed by atoms with E-state index in [1.807, 2.05) is 6.07 Å². The van der Waals surface area contributed by atoms with Crippen LogP contribution < -0.4 is 19.9 Å². The van der Waals surface area contributed by atoms with Crippen molar-refractivity contribution in [2.75, 3.05) is 26.9 Å². The zero-order valence-electron chi connectivity index (χ0n) is 10.7.